The lowest BCUT2D eigenvalue weighted by Crippen LogP contribution is -2.38. The zero-order valence-electron chi connectivity index (χ0n) is 43.3. The van der Waals surface area contributed by atoms with E-state index in [4.69, 9.17) is 9.72 Å². The number of carbonyl (C=O) groups excluding carboxylic acids is 4. The number of hydrogen-bond acceptors (Lipinski definition) is 9. The molecule has 6 heterocycles. The topological polar surface area (TPSA) is 151 Å². The predicted octanol–water partition coefficient (Wildman–Crippen LogP) is 11.9. The monoisotopic (exact) mass is 1020 g/mol. The Kier molecular flexibility index (Phi) is 15.7. The molecule has 74 heavy (non-hydrogen) atoms. The summed E-state index contributed by atoms with van der Waals surface area (Å²) in [6.45, 7) is 10.3. The van der Waals surface area contributed by atoms with Crippen LogP contribution < -0.4 is 20.9 Å². The van der Waals surface area contributed by atoms with Gasteiger partial charge in [0.2, 0.25) is 5.91 Å². The average molecular weight is 1020 g/mol. The van der Waals surface area contributed by atoms with E-state index in [-0.39, 0.29) is 23.7 Å². The Morgan fingerprint density at radius 1 is 0.865 bits per heavy atom. The van der Waals surface area contributed by atoms with Gasteiger partial charge in [-0.05, 0) is 180 Å². The fourth-order valence-corrected chi connectivity index (χ4v) is 12.2. The number of piperidine rings is 1. The molecule has 4 fully saturated rings. The van der Waals surface area contributed by atoms with Crippen molar-refractivity contribution in [1.82, 2.24) is 24.8 Å². The fraction of sp³-hybridized carbons (Fsp3) is 0.517. The quantitative estimate of drug-likeness (QED) is 0.0819. The summed E-state index contributed by atoms with van der Waals surface area (Å²) < 4.78 is 51.0. The number of aryl methyl sites for hydroxylation is 1. The highest BCUT2D eigenvalue weighted by Crippen LogP contribution is 2.43. The van der Waals surface area contributed by atoms with Crippen LogP contribution in [0.1, 0.15) is 144 Å². The van der Waals surface area contributed by atoms with E-state index in [1.807, 2.05) is 61.0 Å². The number of carbonyl (C=O) groups is 4. The highest BCUT2D eigenvalue weighted by molar-refractivity contribution is 5.95. The predicted molar refractivity (Wildman–Crippen MR) is 282 cm³/mol. The highest BCUT2D eigenvalue weighted by Gasteiger charge is 2.38. The lowest BCUT2D eigenvalue weighted by molar-refractivity contribution is -0.137. The minimum atomic E-state index is -4.58. The van der Waals surface area contributed by atoms with Crippen molar-refractivity contribution in [3.63, 3.8) is 0 Å². The summed E-state index contributed by atoms with van der Waals surface area (Å²) in [6, 6.07) is 19.2. The SMILES string of the molecule is C[C@@H](c1cc2c(-c3ccc(NC(=O)OC(C)(C)C)nc3)ccnc2n1C)C1CCCC(c2ccc(C(=O)N3CCC(CC4CCCN(c5ccc(NC6CC(C=O)NC6=O)cc5C(F)(F)F)CC4)CC3)cc2)CC1. The molecule has 5 aromatic rings. The molecule has 4 aliphatic rings. The van der Waals surface area contributed by atoms with Crippen LogP contribution in [0.4, 0.5) is 35.2 Å². The molecule has 3 amide bonds. The van der Waals surface area contributed by atoms with Crippen LogP contribution in [-0.2, 0) is 27.5 Å². The number of nitrogens with one attached hydrogen (secondary N) is 3. The van der Waals surface area contributed by atoms with Crippen LogP contribution in [0.2, 0.25) is 0 Å². The fourth-order valence-electron chi connectivity index (χ4n) is 12.2. The third-order valence-electron chi connectivity index (χ3n) is 16.2. The normalized spacial score (nSPS) is 22.6. The molecule has 6 atom stereocenters. The minimum Gasteiger partial charge on any atom is -0.444 e. The molecule has 13 nitrogen and oxygen atoms in total. The van der Waals surface area contributed by atoms with Crippen molar-refractivity contribution < 1.29 is 37.1 Å². The van der Waals surface area contributed by atoms with Gasteiger partial charge in [-0.2, -0.15) is 13.2 Å². The van der Waals surface area contributed by atoms with Crippen molar-refractivity contribution in [2.24, 2.45) is 24.8 Å². The van der Waals surface area contributed by atoms with E-state index in [1.54, 1.807) is 18.3 Å². The number of aromatic nitrogens is 3. The van der Waals surface area contributed by atoms with Gasteiger partial charge < -0.3 is 34.5 Å². The molecular formula is C58H71F3N8O5. The Labute approximate surface area is 432 Å². The Morgan fingerprint density at radius 3 is 2.32 bits per heavy atom. The zero-order chi connectivity index (χ0) is 52.3. The van der Waals surface area contributed by atoms with Crippen LogP contribution in [0.3, 0.4) is 0 Å². The molecule has 3 N–H and O–H groups in total. The standard InChI is InChI=1S/C58H71F3N8O5/c1-36(51-33-47-46(21-25-62-53(47)67(51)5)43-17-20-52(63-34-43)66-56(73)74-57(2,3)4)39-9-6-10-40(12-11-39)41-13-15-42(16-14-41)55(72)69-28-23-38(24-29-69)30-37-8-7-26-68(27-22-37)50-19-18-44(31-48(50)58(59,60)61)64-49-32-45(35-70)65-54(49)71/h13-21,25,31,33-40,45,49,64H,6-12,22-24,26-30,32H2,1-5H3,(H,65,71)(H,63,66,73)/t36-,37?,39?,40?,45?,49?/m1/s1. The molecule has 0 radical (unpaired) electrons. The van der Waals surface area contributed by atoms with Gasteiger partial charge in [0.25, 0.3) is 5.91 Å². The lowest BCUT2D eigenvalue weighted by Gasteiger charge is -2.34. The highest BCUT2D eigenvalue weighted by atomic mass is 19.4. The number of halogens is 3. The number of hydrogen-bond donors (Lipinski definition) is 3. The van der Waals surface area contributed by atoms with Crippen molar-refractivity contribution in [2.45, 2.75) is 140 Å². The molecule has 9 rings (SSSR count). The Morgan fingerprint density at radius 2 is 1.62 bits per heavy atom. The first-order valence-corrected chi connectivity index (χ1v) is 26.7. The van der Waals surface area contributed by atoms with Crippen LogP contribution in [0.25, 0.3) is 22.2 Å². The molecule has 1 aliphatic carbocycles. The minimum absolute atomic E-state index is 0.0734. The Hall–Kier alpha value is -6.45. The molecule has 3 aromatic heterocycles. The second-order valence-electron chi connectivity index (χ2n) is 22.3. The second-order valence-corrected chi connectivity index (χ2v) is 22.3. The van der Waals surface area contributed by atoms with Crippen LogP contribution in [0, 0.1) is 17.8 Å². The maximum Gasteiger partial charge on any atom is 0.418 e. The van der Waals surface area contributed by atoms with Gasteiger partial charge in [-0.3, -0.25) is 14.9 Å². The van der Waals surface area contributed by atoms with E-state index in [2.05, 4.69) is 57.7 Å². The summed E-state index contributed by atoms with van der Waals surface area (Å²) in [6.07, 6.45) is 10.3. The average Bonchev–Trinajstić information content (AvgIpc) is 3.65. The van der Waals surface area contributed by atoms with Crippen LogP contribution >= 0.6 is 0 Å². The third-order valence-corrected chi connectivity index (χ3v) is 16.2. The Balaban J connectivity index is 0.744. The van der Waals surface area contributed by atoms with Gasteiger partial charge in [-0.1, -0.05) is 25.5 Å². The molecule has 3 saturated heterocycles. The van der Waals surface area contributed by atoms with Gasteiger partial charge in [0.1, 0.15) is 29.4 Å². The molecule has 2 aromatic carbocycles. The van der Waals surface area contributed by atoms with E-state index < -0.39 is 41.4 Å². The number of alkyl halides is 3. The third kappa shape index (κ3) is 12.2. The van der Waals surface area contributed by atoms with Gasteiger partial charge in [-0.25, -0.2) is 14.8 Å². The number of amides is 3. The van der Waals surface area contributed by atoms with E-state index in [1.165, 1.54) is 17.3 Å². The van der Waals surface area contributed by atoms with E-state index in [0.29, 0.717) is 67.9 Å². The smallest absolute Gasteiger partial charge is 0.418 e. The van der Waals surface area contributed by atoms with Crippen LogP contribution in [0.15, 0.2) is 79.1 Å². The molecule has 0 spiro atoms. The summed E-state index contributed by atoms with van der Waals surface area (Å²) >= 11 is 0. The number of rotatable bonds is 12. The summed E-state index contributed by atoms with van der Waals surface area (Å²) in [7, 11) is 2.11. The van der Waals surface area contributed by atoms with Gasteiger partial charge in [-0.15, -0.1) is 0 Å². The van der Waals surface area contributed by atoms with Gasteiger partial charge in [0.15, 0.2) is 0 Å². The first kappa shape index (κ1) is 52.4. The molecule has 0 bridgehead atoms. The van der Waals surface area contributed by atoms with Crippen LogP contribution in [0.5, 0.6) is 0 Å². The largest absolute Gasteiger partial charge is 0.444 e. The zero-order valence-corrected chi connectivity index (χ0v) is 43.3. The van der Waals surface area contributed by atoms with Gasteiger partial charge in [0.05, 0.1) is 11.6 Å². The maximum absolute atomic E-state index is 14.5. The number of pyridine rings is 2. The first-order valence-electron chi connectivity index (χ1n) is 26.7. The molecule has 5 unspecified atom stereocenters. The van der Waals surface area contributed by atoms with Crippen LogP contribution in [-0.4, -0.2) is 87.5 Å². The first-order chi connectivity index (χ1) is 35.4. The molecular weight excluding hydrogens is 946 g/mol. The van der Waals surface area contributed by atoms with Gasteiger partial charge >= 0.3 is 12.3 Å². The number of ether oxygens (including phenoxy) is 1. The van der Waals surface area contributed by atoms with Crippen molar-refractivity contribution in [2.75, 3.05) is 41.7 Å². The number of fused-ring (bicyclic) bond motifs is 1. The van der Waals surface area contributed by atoms with E-state index in [9.17, 15) is 32.3 Å². The number of aldehydes is 1. The van der Waals surface area contributed by atoms with E-state index in [0.717, 1.165) is 104 Å². The maximum atomic E-state index is 14.5. The van der Waals surface area contributed by atoms with Crippen molar-refractivity contribution in [3.05, 3.63) is 102 Å². The number of likely N-dealkylation sites (tertiary alicyclic amines) is 1. The summed E-state index contributed by atoms with van der Waals surface area (Å²) in [5.41, 5.74) is 5.19. The van der Waals surface area contributed by atoms with E-state index >= 15 is 0 Å². The second kappa shape index (κ2) is 22.2. The van der Waals surface area contributed by atoms with Crippen molar-refractivity contribution in [1.29, 1.82) is 0 Å². The number of benzene rings is 2. The number of nitrogens with zero attached hydrogens (tertiary/aromatic N) is 5. The Bertz CT molecular complexity index is 2800. The summed E-state index contributed by atoms with van der Waals surface area (Å²) in [4.78, 5) is 62.7. The lowest BCUT2D eigenvalue weighted by atomic mass is 9.84. The summed E-state index contributed by atoms with van der Waals surface area (Å²) in [5.74, 6) is 2.23. The van der Waals surface area contributed by atoms with Gasteiger partial charge in [0, 0.05) is 85.6 Å². The number of anilines is 3. The molecule has 394 valence electrons. The van der Waals surface area contributed by atoms with Crippen molar-refractivity contribution >= 4 is 52.4 Å². The molecule has 16 heteroatoms. The van der Waals surface area contributed by atoms with Crippen molar-refractivity contribution in [3.8, 4) is 11.1 Å². The summed E-state index contributed by atoms with van der Waals surface area (Å²) in [5, 5.41) is 9.22. The molecule has 3 aliphatic heterocycles. The molecule has 1 saturated carbocycles.